The van der Waals surface area contributed by atoms with Crippen molar-refractivity contribution < 1.29 is 23.7 Å². The second-order valence-electron chi connectivity index (χ2n) is 7.78. The third-order valence-corrected chi connectivity index (χ3v) is 5.46. The van der Waals surface area contributed by atoms with Crippen molar-refractivity contribution in [3.63, 3.8) is 0 Å². The number of methoxy groups -OCH3 is 1. The first-order valence-electron chi connectivity index (χ1n) is 11.0. The molecular weight excluding hydrogens is 394 g/mol. The van der Waals surface area contributed by atoms with Gasteiger partial charge >= 0.3 is 0 Å². The predicted octanol–water partition coefficient (Wildman–Crippen LogP) is 4.39. The van der Waals surface area contributed by atoms with Crippen LogP contribution in [0, 0.1) is 5.92 Å². The standard InChI is InChI=1S/C25H33NO5/c1-28-19-31-24-14-10-21(11-15-24)25(27)26-18-20-8-12-23(13-9-20)30-17-16-29-22-6-4-2-3-5-7-22/h2,4-7,10-11,14-15,20,23H,3,8-9,12-13,16-19H2,1H3,(H,26,27). The summed E-state index contributed by atoms with van der Waals surface area (Å²) in [4.78, 5) is 12.4. The van der Waals surface area contributed by atoms with Crippen molar-refractivity contribution in [2.24, 2.45) is 5.92 Å². The van der Waals surface area contributed by atoms with E-state index in [4.69, 9.17) is 18.9 Å². The van der Waals surface area contributed by atoms with Crippen molar-refractivity contribution >= 4 is 5.91 Å². The van der Waals surface area contributed by atoms with Gasteiger partial charge in [-0.1, -0.05) is 18.2 Å². The maximum Gasteiger partial charge on any atom is 0.251 e. The fourth-order valence-corrected chi connectivity index (χ4v) is 3.70. The number of hydrogen-bond donors (Lipinski definition) is 1. The first kappa shape index (κ1) is 23.1. The number of nitrogens with one attached hydrogen (secondary N) is 1. The van der Waals surface area contributed by atoms with Crippen LogP contribution in [0.25, 0.3) is 0 Å². The molecular formula is C25H33NO5. The molecule has 1 N–H and O–H groups in total. The molecule has 6 nitrogen and oxygen atoms in total. The van der Waals surface area contributed by atoms with Gasteiger partial charge in [-0.25, -0.2) is 0 Å². The van der Waals surface area contributed by atoms with Gasteiger partial charge in [-0.2, -0.15) is 0 Å². The van der Waals surface area contributed by atoms with Gasteiger partial charge in [0.2, 0.25) is 0 Å². The summed E-state index contributed by atoms with van der Waals surface area (Å²) in [6.45, 7) is 2.06. The lowest BCUT2D eigenvalue weighted by Crippen LogP contribution is -2.33. The van der Waals surface area contributed by atoms with Gasteiger partial charge in [0.05, 0.1) is 12.7 Å². The highest BCUT2D eigenvalue weighted by Gasteiger charge is 2.22. The number of rotatable bonds is 11. The Morgan fingerprint density at radius 1 is 1.03 bits per heavy atom. The molecule has 1 fully saturated rings. The largest absolute Gasteiger partial charge is 0.491 e. The smallest absolute Gasteiger partial charge is 0.251 e. The Labute approximate surface area is 184 Å². The van der Waals surface area contributed by atoms with Crippen LogP contribution in [0.3, 0.4) is 0 Å². The molecule has 0 heterocycles. The van der Waals surface area contributed by atoms with Crippen LogP contribution in [0.2, 0.25) is 0 Å². The molecule has 3 rings (SSSR count). The topological polar surface area (TPSA) is 66.0 Å². The lowest BCUT2D eigenvalue weighted by atomic mass is 9.87. The summed E-state index contributed by atoms with van der Waals surface area (Å²) in [5.74, 6) is 2.01. The first-order chi connectivity index (χ1) is 15.2. The molecule has 168 valence electrons. The lowest BCUT2D eigenvalue weighted by molar-refractivity contribution is -0.00402. The van der Waals surface area contributed by atoms with Crippen molar-refractivity contribution in [3.8, 4) is 5.75 Å². The Kier molecular flexibility index (Phi) is 9.67. The van der Waals surface area contributed by atoms with Gasteiger partial charge in [0.1, 0.15) is 18.1 Å². The van der Waals surface area contributed by atoms with Crippen LogP contribution in [-0.4, -0.2) is 45.7 Å². The number of carbonyl (C=O) groups excluding carboxylic acids is 1. The van der Waals surface area contributed by atoms with Crippen molar-refractivity contribution in [3.05, 3.63) is 66.0 Å². The van der Waals surface area contributed by atoms with Crippen LogP contribution in [-0.2, 0) is 14.2 Å². The molecule has 0 bridgehead atoms. The van der Waals surface area contributed by atoms with E-state index < -0.39 is 0 Å². The summed E-state index contributed by atoms with van der Waals surface area (Å²) in [6.07, 6.45) is 15.6. The molecule has 6 heteroatoms. The molecule has 0 aliphatic heterocycles. The van der Waals surface area contributed by atoms with Crippen LogP contribution in [0.1, 0.15) is 42.5 Å². The summed E-state index contributed by atoms with van der Waals surface area (Å²) < 4.78 is 21.9. The third kappa shape index (κ3) is 8.23. The van der Waals surface area contributed by atoms with Gasteiger partial charge in [-0.3, -0.25) is 4.79 Å². The zero-order valence-corrected chi connectivity index (χ0v) is 18.3. The monoisotopic (exact) mass is 427 g/mol. The highest BCUT2D eigenvalue weighted by atomic mass is 16.7. The molecule has 1 aromatic rings. The molecule has 0 unspecified atom stereocenters. The minimum absolute atomic E-state index is 0.0504. The van der Waals surface area contributed by atoms with Crippen LogP contribution >= 0.6 is 0 Å². The van der Waals surface area contributed by atoms with E-state index >= 15 is 0 Å². The molecule has 1 saturated carbocycles. The van der Waals surface area contributed by atoms with E-state index in [0.717, 1.165) is 37.9 Å². The van der Waals surface area contributed by atoms with Gasteiger partial charge in [-0.15, -0.1) is 0 Å². The van der Waals surface area contributed by atoms with Crippen molar-refractivity contribution in [2.45, 2.75) is 38.2 Å². The van der Waals surface area contributed by atoms with E-state index in [0.29, 0.717) is 37.0 Å². The van der Waals surface area contributed by atoms with E-state index in [1.807, 2.05) is 18.2 Å². The normalized spacial score (nSPS) is 20.6. The Bertz CT molecular complexity index is 761. The zero-order chi connectivity index (χ0) is 21.7. The van der Waals surface area contributed by atoms with Crippen LogP contribution in [0.5, 0.6) is 5.75 Å². The van der Waals surface area contributed by atoms with Gasteiger partial charge in [0.25, 0.3) is 5.91 Å². The van der Waals surface area contributed by atoms with Gasteiger partial charge in [0, 0.05) is 19.2 Å². The second-order valence-corrected chi connectivity index (χ2v) is 7.78. The minimum Gasteiger partial charge on any atom is -0.491 e. The number of ether oxygens (including phenoxy) is 4. The molecule has 0 aromatic heterocycles. The fourth-order valence-electron chi connectivity index (χ4n) is 3.70. The molecule has 1 amide bonds. The number of benzene rings is 1. The summed E-state index contributed by atoms with van der Waals surface area (Å²) in [6, 6.07) is 7.09. The van der Waals surface area contributed by atoms with Crippen molar-refractivity contribution in [1.29, 1.82) is 0 Å². The van der Waals surface area contributed by atoms with E-state index in [2.05, 4.69) is 17.5 Å². The van der Waals surface area contributed by atoms with E-state index in [9.17, 15) is 4.79 Å². The third-order valence-electron chi connectivity index (χ3n) is 5.46. The van der Waals surface area contributed by atoms with Crippen LogP contribution in [0.4, 0.5) is 0 Å². The number of amides is 1. The van der Waals surface area contributed by atoms with E-state index in [1.165, 1.54) is 0 Å². The average molecular weight is 428 g/mol. The van der Waals surface area contributed by atoms with Crippen LogP contribution in [0.15, 0.2) is 60.4 Å². The van der Waals surface area contributed by atoms with Crippen molar-refractivity contribution in [1.82, 2.24) is 5.32 Å². The molecule has 0 atom stereocenters. The molecule has 0 radical (unpaired) electrons. The summed E-state index contributed by atoms with van der Waals surface area (Å²) in [5, 5.41) is 3.06. The lowest BCUT2D eigenvalue weighted by Gasteiger charge is -2.28. The maximum atomic E-state index is 12.4. The van der Waals surface area contributed by atoms with E-state index in [1.54, 1.807) is 31.4 Å². The van der Waals surface area contributed by atoms with Gasteiger partial charge in [-0.05, 0) is 74.4 Å². The second kappa shape index (κ2) is 13.0. The van der Waals surface area contributed by atoms with Gasteiger partial charge < -0.3 is 24.3 Å². The Morgan fingerprint density at radius 2 is 1.84 bits per heavy atom. The molecule has 31 heavy (non-hydrogen) atoms. The maximum absolute atomic E-state index is 12.4. The van der Waals surface area contributed by atoms with Crippen molar-refractivity contribution in [2.75, 3.05) is 33.7 Å². The Morgan fingerprint density at radius 3 is 2.61 bits per heavy atom. The molecule has 0 saturated heterocycles. The fraction of sp³-hybridized carbons (Fsp3) is 0.480. The number of hydrogen-bond acceptors (Lipinski definition) is 5. The predicted molar refractivity (Wildman–Crippen MR) is 120 cm³/mol. The van der Waals surface area contributed by atoms with E-state index in [-0.39, 0.29) is 18.8 Å². The molecule has 2 aliphatic carbocycles. The first-order valence-corrected chi connectivity index (χ1v) is 11.0. The highest BCUT2D eigenvalue weighted by Crippen LogP contribution is 2.26. The summed E-state index contributed by atoms with van der Waals surface area (Å²) in [5.41, 5.74) is 0.635. The van der Waals surface area contributed by atoms with Crippen LogP contribution < -0.4 is 10.1 Å². The highest BCUT2D eigenvalue weighted by molar-refractivity contribution is 5.94. The average Bonchev–Trinajstić information content (AvgIpc) is 3.09. The molecule has 0 spiro atoms. The Balaban J connectivity index is 1.28. The molecule has 1 aromatic carbocycles. The molecule has 2 aliphatic rings. The summed E-state index contributed by atoms with van der Waals surface area (Å²) >= 11 is 0. The zero-order valence-electron chi connectivity index (χ0n) is 18.3. The SMILES string of the molecule is COCOc1ccc(C(=O)NCC2CCC(OCCOC3=CC=CCC=C3)CC2)cc1. The Hall–Kier alpha value is -2.57. The quantitative estimate of drug-likeness (QED) is 0.419. The number of allylic oxidation sites excluding steroid dienone is 5. The minimum atomic E-state index is -0.0504. The summed E-state index contributed by atoms with van der Waals surface area (Å²) in [7, 11) is 1.57. The van der Waals surface area contributed by atoms with Gasteiger partial charge in [0.15, 0.2) is 6.79 Å². The number of carbonyl (C=O) groups is 1.